The van der Waals surface area contributed by atoms with Crippen molar-refractivity contribution in [2.75, 3.05) is 6.54 Å². The molecule has 2 heterocycles. The highest BCUT2D eigenvalue weighted by Crippen LogP contribution is 2.07. The van der Waals surface area contributed by atoms with E-state index in [0.29, 0.717) is 35.5 Å². The van der Waals surface area contributed by atoms with Crippen molar-refractivity contribution in [2.24, 2.45) is 0 Å². The molecule has 23 heavy (non-hydrogen) atoms. The van der Waals surface area contributed by atoms with Crippen molar-refractivity contribution in [1.82, 2.24) is 19.9 Å². The van der Waals surface area contributed by atoms with Gasteiger partial charge in [-0.1, -0.05) is 18.2 Å². The number of fused-ring (bicyclic) bond motifs is 1. The van der Waals surface area contributed by atoms with Gasteiger partial charge in [0.05, 0.1) is 10.9 Å². The van der Waals surface area contributed by atoms with E-state index in [1.165, 1.54) is 0 Å². The zero-order chi connectivity index (χ0) is 16.2. The predicted octanol–water partition coefficient (Wildman–Crippen LogP) is 1.53. The molecule has 0 aliphatic rings. The summed E-state index contributed by atoms with van der Waals surface area (Å²) in [7, 11) is 0. The Morgan fingerprint density at radius 3 is 2.74 bits per heavy atom. The summed E-state index contributed by atoms with van der Waals surface area (Å²) < 4.78 is 1.57. The Bertz CT molecular complexity index is 903. The molecule has 0 atom stereocenters. The monoisotopic (exact) mass is 308 g/mol. The Morgan fingerprint density at radius 2 is 1.96 bits per heavy atom. The molecule has 0 aliphatic heterocycles. The van der Waals surface area contributed by atoms with E-state index in [-0.39, 0.29) is 11.5 Å². The van der Waals surface area contributed by atoms with Gasteiger partial charge in [-0.15, -0.1) is 0 Å². The van der Waals surface area contributed by atoms with Crippen LogP contribution in [0, 0.1) is 6.92 Å². The average Bonchev–Trinajstić information content (AvgIpc) is 2.58. The average molecular weight is 308 g/mol. The van der Waals surface area contributed by atoms with Crippen LogP contribution in [0.5, 0.6) is 0 Å². The van der Waals surface area contributed by atoms with Crippen LogP contribution in [-0.4, -0.2) is 27.0 Å². The molecule has 1 aromatic carbocycles. The Labute approximate surface area is 132 Å². The number of rotatable bonds is 4. The lowest BCUT2D eigenvalue weighted by molar-refractivity contribution is 0.0947. The first kappa shape index (κ1) is 14.9. The van der Waals surface area contributed by atoms with Crippen molar-refractivity contribution in [3.8, 4) is 0 Å². The molecule has 2 aromatic heterocycles. The van der Waals surface area contributed by atoms with Crippen LogP contribution in [0.25, 0.3) is 10.9 Å². The Kier molecular flexibility index (Phi) is 4.14. The SMILES string of the molecule is Cc1nc2ccccc2c(=O)n1CCNC(=O)c1ccccn1. The molecule has 0 radical (unpaired) electrons. The van der Waals surface area contributed by atoms with Gasteiger partial charge in [0, 0.05) is 19.3 Å². The lowest BCUT2D eigenvalue weighted by atomic mass is 10.2. The second-order valence-electron chi connectivity index (χ2n) is 5.10. The van der Waals surface area contributed by atoms with Crippen LogP contribution in [0.1, 0.15) is 16.3 Å². The summed E-state index contributed by atoms with van der Waals surface area (Å²) in [6.07, 6.45) is 1.57. The van der Waals surface area contributed by atoms with E-state index in [9.17, 15) is 9.59 Å². The number of hydrogen-bond acceptors (Lipinski definition) is 4. The smallest absolute Gasteiger partial charge is 0.269 e. The van der Waals surface area contributed by atoms with Crippen LogP contribution in [-0.2, 0) is 6.54 Å². The van der Waals surface area contributed by atoms with E-state index in [0.717, 1.165) is 0 Å². The quantitative estimate of drug-likeness (QED) is 0.793. The molecule has 0 bridgehead atoms. The van der Waals surface area contributed by atoms with Crippen molar-refractivity contribution in [2.45, 2.75) is 13.5 Å². The standard InChI is InChI=1S/C17H16N4O2/c1-12-20-14-7-3-2-6-13(14)17(23)21(12)11-10-19-16(22)15-8-4-5-9-18-15/h2-9H,10-11H2,1H3,(H,19,22). The minimum absolute atomic E-state index is 0.0971. The van der Waals surface area contributed by atoms with Crippen LogP contribution in [0.3, 0.4) is 0 Å². The number of pyridine rings is 1. The predicted molar refractivity (Wildman–Crippen MR) is 87.3 cm³/mol. The summed E-state index contributed by atoms with van der Waals surface area (Å²) in [5.74, 6) is 0.367. The van der Waals surface area contributed by atoms with Gasteiger partial charge in [-0.2, -0.15) is 0 Å². The molecule has 1 N–H and O–H groups in total. The number of hydrogen-bond donors (Lipinski definition) is 1. The first-order chi connectivity index (χ1) is 11.2. The van der Waals surface area contributed by atoms with E-state index < -0.39 is 0 Å². The lowest BCUT2D eigenvalue weighted by Crippen LogP contribution is -2.32. The molecule has 0 spiro atoms. The van der Waals surface area contributed by atoms with Gasteiger partial charge in [0.25, 0.3) is 11.5 Å². The third kappa shape index (κ3) is 3.11. The molecular formula is C17H16N4O2. The highest BCUT2D eigenvalue weighted by atomic mass is 16.2. The number of nitrogens with zero attached hydrogens (tertiary/aromatic N) is 3. The summed E-state index contributed by atoms with van der Waals surface area (Å²) in [5.41, 5.74) is 0.942. The second-order valence-corrected chi connectivity index (χ2v) is 5.10. The molecule has 3 rings (SSSR count). The third-order valence-electron chi connectivity index (χ3n) is 3.57. The third-order valence-corrected chi connectivity index (χ3v) is 3.57. The number of para-hydroxylation sites is 1. The van der Waals surface area contributed by atoms with E-state index >= 15 is 0 Å². The second kappa shape index (κ2) is 6.39. The Morgan fingerprint density at radius 1 is 1.17 bits per heavy atom. The molecule has 0 saturated carbocycles. The summed E-state index contributed by atoms with van der Waals surface area (Å²) in [6.45, 7) is 2.48. The van der Waals surface area contributed by atoms with Gasteiger partial charge in [-0.25, -0.2) is 4.98 Å². The van der Waals surface area contributed by atoms with E-state index in [4.69, 9.17) is 0 Å². The Hall–Kier alpha value is -3.02. The molecule has 1 amide bonds. The summed E-state index contributed by atoms with van der Waals surface area (Å²) in [5, 5.41) is 3.34. The zero-order valence-electron chi connectivity index (χ0n) is 12.7. The van der Waals surface area contributed by atoms with Crippen LogP contribution >= 0.6 is 0 Å². The van der Waals surface area contributed by atoms with Gasteiger partial charge < -0.3 is 5.32 Å². The van der Waals surface area contributed by atoms with E-state index in [2.05, 4.69) is 15.3 Å². The molecule has 6 heteroatoms. The van der Waals surface area contributed by atoms with Crippen LogP contribution in [0.4, 0.5) is 0 Å². The number of aryl methyl sites for hydroxylation is 1. The van der Waals surface area contributed by atoms with Gasteiger partial charge in [0.15, 0.2) is 0 Å². The molecule has 116 valence electrons. The summed E-state index contributed by atoms with van der Waals surface area (Å²) >= 11 is 0. The molecule has 6 nitrogen and oxygen atoms in total. The minimum atomic E-state index is -0.259. The highest BCUT2D eigenvalue weighted by molar-refractivity contribution is 5.92. The van der Waals surface area contributed by atoms with Crippen molar-refractivity contribution in [3.63, 3.8) is 0 Å². The van der Waals surface area contributed by atoms with Crippen LogP contribution < -0.4 is 10.9 Å². The molecule has 0 fully saturated rings. The summed E-state index contributed by atoms with van der Waals surface area (Å²) in [6, 6.07) is 12.4. The molecule has 0 aliphatic carbocycles. The lowest BCUT2D eigenvalue weighted by Gasteiger charge is -2.11. The normalized spacial score (nSPS) is 10.7. The van der Waals surface area contributed by atoms with Crippen LogP contribution in [0.2, 0.25) is 0 Å². The maximum Gasteiger partial charge on any atom is 0.269 e. The van der Waals surface area contributed by atoms with Crippen molar-refractivity contribution < 1.29 is 4.79 Å². The fourth-order valence-corrected chi connectivity index (χ4v) is 2.41. The van der Waals surface area contributed by atoms with Crippen molar-refractivity contribution in [1.29, 1.82) is 0 Å². The number of carbonyl (C=O) groups excluding carboxylic acids is 1. The highest BCUT2D eigenvalue weighted by Gasteiger charge is 2.09. The molecule has 0 unspecified atom stereocenters. The Balaban J connectivity index is 1.75. The van der Waals surface area contributed by atoms with Crippen molar-refractivity contribution >= 4 is 16.8 Å². The number of benzene rings is 1. The topological polar surface area (TPSA) is 76.9 Å². The van der Waals surface area contributed by atoms with E-state index in [1.54, 1.807) is 42.0 Å². The molecule has 0 saturated heterocycles. The van der Waals surface area contributed by atoms with Crippen molar-refractivity contribution in [3.05, 3.63) is 70.5 Å². The van der Waals surface area contributed by atoms with Gasteiger partial charge in [-0.05, 0) is 31.2 Å². The molecule has 3 aromatic rings. The van der Waals surface area contributed by atoms with Gasteiger partial charge in [0.1, 0.15) is 11.5 Å². The minimum Gasteiger partial charge on any atom is -0.349 e. The zero-order valence-corrected chi connectivity index (χ0v) is 12.7. The maximum atomic E-state index is 12.5. The number of amides is 1. The number of carbonyl (C=O) groups is 1. The fourth-order valence-electron chi connectivity index (χ4n) is 2.41. The van der Waals surface area contributed by atoms with E-state index in [1.807, 2.05) is 18.2 Å². The van der Waals surface area contributed by atoms with Gasteiger partial charge >= 0.3 is 0 Å². The first-order valence-corrected chi connectivity index (χ1v) is 7.32. The maximum absolute atomic E-state index is 12.5. The van der Waals surface area contributed by atoms with Gasteiger partial charge in [-0.3, -0.25) is 19.1 Å². The molecular weight excluding hydrogens is 292 g/mol. The fraction of sp³-hybridized carbons (Fsp3) is 0.176. The largest absolute Gasteiger partial charge is 0.349 e. The summed E-state index contributed by atoms with van der Waals surface area (Å²) in [4.78, 5) is 32.9. The number of aromatic nitrogens is 3. The number of nitrogens with one attached hydrogen (secondary N) is 1. The van der Waals surface area contributed by atoms with Crippen LogP contribution in [0.15, 0.2) is 53.5 Å². The first-order valence-electron chi connectivity index (χ1n) is 7.32. The van der Waals surface area contributed by atoms with Gasteiger partial charge in [0.2, 0.25) is 0 Å².